The van der Waals surface area contributed by atoms with E-state index in [9.17, 15) is 9.90 Å². The number of hydrazine groups is 1. The van der Waals surface area contributed by atoms with Crippen LogP contribution in [-0.2, 0) is 0 Å². The standard InChI is InChI=1S/C7H9N5O2/c8-6(11-12-9)4-2-1-3-5(10-4)7(13)14/h1-3,12H,9H2,(H2,8,11)(H,13,14)/p-1. The van der Waals surface area contributed by atoms with E-state index in [1.54, 1.807) is 0 Å². The number of rotatable bonds is 3. The van der Waals surface area contributed by atoms with Crippen LogP contribution < -0.4 is 22.2 Å². The molecule has 0 saturated heterocycles. The average molecular weight is 194 g/mol. The number of aromatic nitrogens is 1. The maximum Gasteiger partial charge on any atom is 0.170 e. The second-order valence-electron chi connectivity index (χ2n) is 2.32. The number of hydrogen-bond acceptors (Lipinski definition) is 6. The molecule has 0 aliphatic carbocycles. The Hall–Kier alpha value is -2.15. The molecule has 7 heteroatoms. The summed E-state index contributed by atoms with van der Waals surface area (Å²) in [5.41, 5.74) is 7.38. The monoisotopic (exact) mass is 194 g/mol. The molecule has 7 nitrogen and oxygen atoms in total. The van der Waals surface area contributed by atoms with E-state index in [2.05, 4.69) is 10.1 Å². The van der Waals surface area contributed by atoms with Gasteiger partial charge in [-0.2, -0.15) is 0 Å². The van der Waals surface area contributed by atoms with Crippen molar-refractivity contribution < 1.29 is 9.90 Å². The normalized spacial score (nSPS) is 11.1. The van der Waals surface area contributed by atoms with Gasteiger partial charge in [0.2, 0.25) is 0 Å². The molecule has 0 fully saturated rings. The minimum Gasteiger partial charge on any atom is -0.543 e. The van der Waals surface area contributed by atoms with Gasteiger partial charge in [0.05, 0.1) is 11.7 Å². The molecule has 0 aromatic carbocycles. The summed E-state index contributed by atoms with van der Waals surface area (Å²) in [7, 11) is 0. The zero-order chi connectivity index (χ0) is 10.6. The molecule has 14 heavy (non-hydrogen) atoms. The number of nitrogens with two attached hydrogens (primary N) is 2. The second-order valence-corrected chi connectivity index (χ2v) is 2.32. The lowest BCUT2D eigenvalue weighted by Gasteiger charge is -2.03. The first-order valence-electron chi connectivity index (χ1n) is 3.62. The number of carboxylic acids is 1. The Morgan fingerprint density at radius 1 is 1.50 bits per heavy atom. The van der Waals surface area contributed by atoms with Crippen LogP contribution in [0.2, 0.25) is 0 Å². The van der Waals surface area contributed by atoms with E-state index < -0.39 is 5.97 Å². The quantitative estimate of drug-likeness (QED) is 0.211. The predicted molar refractivity (Wildman–Crippen MR) is 46.6 cm³/mol. The number of amidine groups is 1. The maximum atomic E-state index is 10.4. The Balaban J connectivity index is 3.05. The third kappa shape index (κ3) is 2.17. The van der Waals surface area contributed by atoms with Gasteiger partial charge < -0.3 is 15.6 Å². The fourth-order valence-electron chi connectivity index (χ4n) is 0.818. The Bertz CT molecular complexity index is 376. The lowest BCUT2D eigenvalue weighted by molar-refractivity contribution is -0.255. The molecule has 1 heterocycles. The van der Waals surface area contributed by atoms with Crippen LogP contribution in [0.15, 0.2) is 23.3 Å². The number of aromatic carboxylic acids is 1. The van der Waals surface area contributed by atoms with Crippen molar-refractivity contribution in [3.63, 3.8) is 0 Å². The van der Waals surface area contributed by atoms with Gasteiger partial charge in [-0.3, -0.25) is 0 Å². The van der Waals surface area contributed by atoms with Gasteiger partial charge in [-0.1, -0.05) is 6.07 Å². The number of carboxylic acid groups (broad SMARTS) is 1. The summed E-state index contributed by atoms with van der Waals surface area (Å²) in [5.74, 6) is 3.51. The van der Waals surface area contributed by atoms with Crippen LogP contribution in [0, 0.1) is 0 Å². The Labute approximate surface area is 79.4 Å². The summed E-state index contributed by atoms with van der Waals surface area (Å²) in [6, 6.07) is 4.27. The number of carbonyl (C=O) groups is 1. The second kappa shape index (κ2) is 4.19. The van der Waals surface area contributed by atoms with Gasteiger partial charge in [0.15, 0.2) is 5.84 Å². The first-order chi connectivity index (χ1) is 6.65. The zero-order valence-corrected chi connectivity index (χ0v) is 7.10. The molecule has 0 aliphatic heterocycles. The van der Waals surface area contributed by atoms with Gasteiger partial charge in [-0.15, -0.1) is 5.10 Å². The van der Waals surface area contributed by atoms with Crippen molar-refractivity contribution in [1.82, 2.24) is 10.5 Å². The highest BCUT2D eigenvalue weighted by molar-refractivity contribution is 5.96. The molecule has 1 rings (SSSR count). The molecule has 5 N–H and O–H groups in total. The number of nitrogens with zero attached hydrogens (tertiary/aromatic N) is 2. The van der Waals surface area contributed by atoms with Crippen molar-refractivity contribution in [2.45, 2.75) is 0 Å². The lowest BCUT2D eigenvalue weighted by Crippen LogP contribution is -2.27. The van der Waals surface area contributed by atoms with E-state index in [1.807, 2.05) is 5.53 Å². The number of carbonyl (C=O) groups excluding carboxylic acids is 1. The minimum atomic E-state index is -1.37. The first kappa shape index (κ1) is 9.93. The third-order valence-corrected chi connectivity index (χ3v) is 1.41. The van der Waals surface area contributed by atoms with Crippen LogP contribution in [0.3, 0.4) is 0 Å². The molecule has 0 saturated carbocycles. The largest absolute Gasteiger partial charge is 0.543 e. The lowest BCUT2D eigenvalue weighted by atomic mass is 10.3. The maximum absolute atomic E-state index is 10.4. The molecule has 74 valence electrons. The molecule has 0 unspecified atom stereocenters. The van der Waals surface area contributed by atoms with Gasteiger partial charge in [-0.25, -0.2) is 16.4 Å². The van der Waals surface area contributed by atoms with Crippen LogP contribution in [0.1, 0.15) is 16.2 Å². The topological polar surface area (TPSA) is 129 Å². The Morgan fingerprint density at radius 3 is 2.71 bits per heavy atom. The molecular formula is C7H8N5O2-. The molecule has 0 amide bonds. The van der Waals surface area contributed by atoms with Crippen LogP contribution in [0.5, 0.6) is 0 Å². The molecule has 0 aliphatic rings. The predicted octanol–water partition coefficient (Wildman–Crippen LogP) is -2.47. The highest BCUT2D eigenvalue weighted by atomic mass is 16.4. The highest BCUT2D eigenvalue weighted by Crippen LogP contribution is 1.97. The summed E-state index contributed by atoms with van der Waals surface area (Å²) in [6.45, 7) is 0. The number of hydrazone groups is 1. The molecule has 0 bridgehead atoms. The average Bonchev–Trinajstić information content (AvgIpc) is 2.18. The summed E-state index contributed by atoms with van der Waals surface area (Å²) in [4.78, 5) is 14.1. The van der Waals surface area contributed by atoms with Crippen LogP contribution in [-0.4, -0.2) is 16.8 Å². The molecule has 0 radical (unpaired) electrons. The van der Waals surface area contributed by atoms with Crippen molar-refractivity contribution in [2.24, 2.45) is 16.7 Å². The van der Waals surface area contributed by atoms with E-state index in [1.165, 1.54) is 18.2 Å². The van der Waals surface area contributed by atoms with Gasteiger partial charge >= 0.3 is 0 Å². The number of hydrogen-bond donors (Lipinski definition) is 3. The van der Waals surface area contributed by atoms with Crippen LogP contribution >= 0.6 is 0 Å². The SMILES string of the molecule is NNN=C(N)c1cccc(C(=O)[O-])n1. The van der Waals surface area contributed by atoms with E-state index in [0.717, 1.165) is 0 Å². The molecule has 1 aromatic rings. The number of nitrogens with one attached hydrogen (secondary N) is 1. The summed E-state index contributed by atoms with van der Waals surface area (Å²) < 4.78 is 0. The van der Waals surface area contributed by atoms with Crippen LogP contribution in [0.25, 0.3) is 0 Å². The van der Waals surface area contributed by atoms with Crippen molar-refractivity contribution in [1.29, 1.82) is 0 Å². The highest BCUT2D eigenvalue weighted by Gasteiger charge is 2.01. The summed E-state index contributed by atoms with van der Waals surface area (Å²) in [6.07, 6.45) is 0. The zero-order valence-electron chi connectivity index (χ0n) is 7.10. The fourth-order valence-corrected chi connectivity index (χ4v) is 0.818. The first-order valence-corrected chi connectivity index (χ1v) is 3.62. The van der Waals surface area contributed by atoms with Crippen molar-refractivity contribution in [2.75, 3.05) is 0 Å². The van der Waals surface area contributed by atoms with Gasteiger partial charge in [-0.05, 0) is 12.1 Å². The van der Waals surface area contributed by atoms with Gasteiger partial charge in [0.25, 0.3) is 0 Å². The summed E-state index contributed by atoms with van der Waals surface area (Å²) >= 11 is 0. The van der Waals surface area contributed by atoms with Gasteiger partial charge in [0, 0.05) is 0 Å². The van der Waals surface area contributed by atoms with Crippen molar-refractivity contribution >= 4 is 11.8 Å². The number of pyridine rings is 1. The molecule has 0 atom stereocenters. The molecule has 1 aromatic heterocycles. The van der Waals surface area contributed by atoms with Crippen LogP contribution in [0.4, 0.5) is 0 Å². The van der Waals surface area contributed by atoms with E-state index in [4.69, 9.17) is 11.6 Å². The van der Waals surface area contributed by atoms with E-state index in [0.29, 0.717) is 0 Å². The van der Waals surface area contributed by atoms with Gasteiger partial charge in [0.1, 0.15) is 5.69 Å². The minimum absolute atomic E-state index is 0.00407. The van der Waals surface area contributed by atoms with E-state index >= 15 is 0 Å². The smallest absolute Gasteiger partial charge is 0.170 e. The van der Waals surface area contributed by atoms with E-state index in [-0.39, 0.29) is 17.2 Å². The fraction of sp³-hybridized carbons (Fsp3) is 0. The Morgan fingerprint density at radius 2 is 2.14 bits per heavy atom. The van der Waals surface area contributed by atoms with Crippen molar-refractivity contribution in [3.8, 4) is 0 Å². The Kier molecular flexibility index (Phi) is 2.97. The summed E-state index contributed by atoms with van der Waals surface area (Å²) in [5, 5.41) is 13.9. The third-order valence-electron chi connectivity index (χ3n) is 1.41. The molecule has 0 spiro atoms. The van der Waals surface area contributed by atoms with Crippen molar-refractivity contribution in [3.05, 3.63) is 29.6 Å². The molecular weight excluding hydrogens is 186 g/mol.